The highest BCUT2D eigenvalue weighted by molar-refractivity contribution is 5.16. The molecule has 2 heterocycles. The molecular formula is C15H22N6. The number of benzene rings is 1. The maximum absolute atomic E-state index is 5.86. The smallest absolute Gasteiger partial charge is 0.240 e. The maximum Gasteiger partial charge on any atom is 0.240 e. The lowest BCUT2D eigenvalue weighted by Crippen LogP contribution is -2.46. The molecule has 1 aromatic carbocycles. The van der Waals surface area contributed by atoms with E-state index >= 15 is 0 Å². The Labute approximate surface area is 124 Å². The standard InChI is InChI=1S/C15H22N6/c1-15(2)11-20(10-12-6-4-3-5-7-12)9-8-13(15)21-14(16)17-18-19-21/h3-7,13H,8-11H2,1-2H3,(H2,16,17,19). The summed E-state index contributed by atoms with van der Waals surface area (Å²) in [6.45, 7) is 7.54. The molecule has 1 unspecified atom stereocenters. The van der Waals surface area contributed by atoms with Crippen LogP contribution < -0.4 is 5.73 Å². The molecule has 6 nitrogen and oxygen atoms in total. The van der Waals surface area contributed by atoms with Gasteiger partial charge in [0, 0.05) is 25.0 Å². The quantitative estimate of drug-likeness (QED) is 0.930. The second-order valence-electron chi connectivity index (χ2n) is 6.47. The molecule has 1 atom stereocenters. The minimum absolute atomic E-state index is 0.0799. The van der Waals surface area contributed by atoms with Crippen LogP contribution >= 0.6 is 0 Å². The molecule has 2 aromatic rings. The van der Waals surface area contributed by atoms with E-state index in [2.05, 4.69) is 64.6 Å². The van der Waals surface area contributed by atoms with Crippen LogP contribution in [0.2, 0.25) is 0 Å². The minimum Gasteiger partial charge on any atom is -0.367 e. The van der Waals surface area contributed by atoms with Crippen molar-refractivity contribution in [3.8, 4) is 0 Å². The van der Waals surface area contributed by atoms with Gasteiger partial charge in [0.05, 0.1) is 6.04 Å². The Balaban J connectivity index is 1.71. The van der Waals surface area contributed by atoms with E-state index in [1.165, 1.54) is 5.56 Å². The number of nitrogens with zero attached hydrogens (tertiary/aromatic N) is 5. The van der Waals surface area contributed by atoms with Crippen molar-refractivity contribution in [2.24, 2.45) is 5.41 Å². The van der Waals surface area contributed by atoms with Crippen LogP contribution in [-0.4, -0.2) is 38.2 Å². The van der Waals surface area contributed by atoms with Crippen LogP contribution in [0.15, 0.2) is 30.3 Å². The summed E-state index contributed by atoms with van der Waals surface area (Å²) in [5.74, 6) is 0.407. The van der Waals surface area contributed by atoms with Crippen LogP contribution in [0, 0.1) is 5.41 Å². The van der Waals surface area contributed by atoms with Gasteiger partial charge in [0.25, 0.3) is 0 Å². The number of piperidine rings is 1. The normalized spacial score (nSPS) is 22.3. The second kappa shape index (κ2) is 5.44. The second-order valence-corrected chi connectivity index (χ2v) is 6.47. The topological polar surface area (TPSA) is 72.9 Å². The molecule has 1 saturated heterocycles. The van der Waals surface area contributed by atoms with Crippen molar-refractivity contribution >= 4 is 5.95 Å². The molecule has 1 aliphatic rings. The Morgan fingerprint density at radius 2 is 2.05 bits per heavy atom. The summed E-state index contributed by atoms with van der Waals surface area (Å²) in [7, 11) is 0. The first-order valence-electron chi connectivity index (χ1n) is 7.36. The molecule has 6 heteroatoms. The molecule has 0 saturated carbocycles. The van der Waals surface area contributed by atoms with Crippen molar-refractivity contribution in [3.05, 3.63) is 35.9 Å². The number of hydrogen-bond acceptors (Lipinski definition) is 5. The molecule has 0 radical (unpaired) electrons. The van der Waals surface area contributed by atoms with Gasteiger partial charge in [0.1, 0.15) is 0 Å². The highest BCUT2D eigenvalue weighted by atomic mass is 15.6. The molecule has 0 spiro atoms. The van der Waals surface area contributed by atoms with Crippen molar-refractivity contribution < 1.29 is 0 Å². The number of tetrazole rings is 1. The summed E-state index contributed by atoms with van der Waals surface area (Å²) in [6, 6.07) is 10.8. The lowest BCUT2D eigenvalue weighted by Gasteiger charge is -2.44. The van der Waals surface area contributed by atoms with Gasteiger partial charge in [0.15, 0.2) is 0 Å². The average molecular weight is 286 g/mol. The predicted molar refractivity (Wildman–Crippen MR) is 81.4 cm³/mol. The molecule has 1 aliphatic heterocycles. The van der Waals surface area contributed by atoms with Crippen molar-refractivity contribution in [1.29, 1.82) is 0 Å². The fraction of sp³-hybridized carbons (Fsp3) is 0.533. The van der Waals surface area contributed by atoms with Gasteiger partial charge < -0.3 is 5.73 Å². The third-order valence-corrected chi connectivity index (χ3v) is 4.31. The lowest BCUT2D eigenvalue weighted by atomic mass is 9.79. The first-order chi connectivity index (χ1) is 10.1. The van der Waals surface area contributed by atoms with Crippen LogP contribution in [0.1, 0.15) is 31.9 Å². The summed E-state index contributed by atoms with van der Waals surface area (Å²) in [6.07, 6.45) is 1.01. The molecule has 1 aromatic heterocycles. The first-order valence-corrected chi connectivity index (χ1v) is 7.36. The molecule has 1 fully saturated rings. The lowest BCUT2D eigenvalue weighted by molar-refractivity contribution is 0.0507. The fourth-order valence-corrected chi connectivity index (χ4v) is 3.31. The molecule has 3 rings (SSSR count). The van der Waals surface area contributed by atoms with Crippen molar-refractivity contribution in [3.63, 3.8) is 0 Å². The van der Waals surface area contributed by atoms with Gasteiger partial charge in [-0.3, -0.25) is 4.90 Å². The van der Waals surface area contributed by atoms with Gasteiger partial charge in [-0.05, 0) is 22.4 Å². The van der Waals surface area contributed by atoms with Crippen molar-refractivity contribution in [1.82, 2.24) is 25.1 Å². The average Bonchev–Trinajstić information content (AvgIpc) is 2.85. The van der Waals surface area contributed by atoms with E-state index in [0.29, 0.717) is 5.95 Å². The fourth-order valence-electron chi connectivity index (χ4n) is 3.31. The zero-order valence-corrected chi connectivity index (χ0v) is 12.6. The molecule has 0 bridgehead atoms. The largest absolute Gasteiger partial charge is 0.367 e. The van der Waals surface area contributed by atoms with E-state index in [0.717, 1.165) is 26.1 Å². The third kappa shape index (κ3) is 2.90. The summed E-state index contributed by atoms with van der Waals surface area (Å²) in [5.41, 5.74) is 7.30. The molecule has 112 valence electrons. The van der Waals surface area contributed by atoms with Gasteiger partial charge in [-0.2, -0.15) is 0 Å². The Bertz CT molecular complexity index is 591. The van der Waals surface area contributed by atoms with E-state index in [9.17, 15) is 0 Å². The number of likely N-dealkylation sites (tertiary alicyclic amines) is 1. The van der Waals surface area contributed by atoms with Crippen LogP contribution in [-0.2, 0) is 6.54 Å². The van der Waals surface area contributed by atoms with Gasteiger partial charge in [0.2, 0.25) is 5.95 Å². The third-order valence-electron chi connectivity index (χ3n) is 4.31. The summed E-state index contributed by atoms with van der Waals surface area (Å²) in [5, 5.41) is 11.5. The number of aromatic nitrogens is 4. The summed E-state index contributed by atoms with van der Waals surface area (Å²) >= 11 is 0. The van der Waals surface area contributed by atoms with Crippen molar-refractivity contribution in [2.75, 3.05) is 18.8 Å². The summed E-state index contributed by atoms with van der Waals surface area (Å²) in [4.78, 5) is 2.49. The van der Waals surface area contributed by atoms with E-state index in [-0.39, 0.29) is 11.5 Å². The molecule has 0 aliphatic carbocycles. The number of nitrogen functional groups attached to an aromatic ring is 1. The minimum atomic E-state index is 0.0799. The zero-order valence-electron chi connectivity index (χ0n) is 12.6. The molecular weight excluding hydrogens is 264 g/mol. The number of nitrogens with two attached hydrogens (primary N) is 1. The Morgan fingerprint density at radius 1 is 1.29 bits per heavy atom. The van der Waals surface area contributed by atoms with Crippen LogP contribution in [0.5, 0.6) is 0 Å². The zero-order chi connectivity index (χ0) is 14.9. The van der Waals surface area contributed by atoms with E-state index < -0.39 is 0 Å². The van der Waals surface area contributed by atoms with E-state index in [4.69, 9.17) is 5.73 Å². The van der Waals surface area contributed by atoms with Gasteiger partial charge in [-0.25, -0.2) is 4.68 Å². The van der Waals surface area contributed by atoms with Crippen molar-refractivity contribution in [2.45, 2.75) is 32.9 Å². The molecule has 21 heavy (non-hydrogen) atoms. The summed E-state index contributed by atoms with van der Waals surface area (Å²) < 4.78 is 1.78. The van der Waals surface area contributed by atoms with Gasteiger partial charge in [-0.15, -0.1) is 0 Å². The van der Waals surface area contributed by atoms with E-state index in [1.54, 1.807) is 4.68 Å². The Morgan fingerprint density at radius 3 is 2.67 bits per heavy atom. The van der Waals surface area contributed by atoms with E-state index in [1.807, 2.05) is 0 Å². The first kappa shape index (κ1) is 14.0. The Kier molecular flexibility index (Phi) is 3.63. The van der Waals surface area contributed by atoms with Gasteiger partial charge >= 0.3 is 0 Å². The highest BCUT2D eigenvalue weighted by Gasteiger charge is 2.38. The van der Waals surface area contributed by atoms with Gasteiger partial charge in [-0.1, -0.05) is 49.3 Å². The molecule has 0 amide bonds. The number of anilines is 1. The number of hydrogen-bond donors (Lipinski definition) is 1. The predicted octanol–water partition coefficient (Wildman–Crippen LogP) is 1.73. The molecule has 2 N–H and O–H groups in total. The SMILES string of the molecule is CC1(C)CN(Cc2ccccc2)CCC1n1nnnc1N. The van der Waals surface area contributed by atoms with Crippen LogP contribution in [0.25, 0.3) is 0 Å². The van der Waals surface area contributed by atoms with Crippen LogP contribution in [0.3, 0.4) is 0 Å². The maximum atomic E-state index is 5.86. The van der Waals surface area contributed by atoms with Crippen LogP contribution in [0.4, 0.5) is 5.95 Å². The Hall–Kier alpha value is -1.95. The number of rotatable bonds is 3. The monoisotopic (exact) mass is 286 g/mol. The highest BCUT2D eigenvalue weighted by Crippen LogP contribution is 2.39.